The SMILES string of the molecule is COC(=O)c1cnc2c(c1)nc(-c1cc3cccnc3n1CC1CC1)n2C. The monoisotopic (exact) mass is 361 g/mol. The predicted octanol–water partition coefficient (Wildman–Crippen LogP) is 3.18. The van der Waals surface area contributed by atoms with Crippen LogP contribution >= 0.6 is 0 Å². The zero-order chi connectivity index (χ0) is 18.5. The van der Waals surface area contributed by atoms with Gasteiger partial charge in [0.1, 0.15) is 11.2 Å². The Hall–Kier alpha value is -3.22. The van der Waals surface area contributed by atoms with Gasteiger partial charge in [0.2, 0.25) is 0 Å². The second-order valence-corrected chi connectivity index (χ2v) is 7.05. The second-order valence-electron chi connectivity index (χ2n) is 7.05. The molecular weight excluding hydrogens is 342 g/mol. The lowest BCUT2D eigenvalue weighted by atomic mass is 10.3. The molecule has 1 aliphatic carbocycles. The number of carbonyl (C=O) groups is 1. The molecule has 136 valence electrons. The van der Waals surface area contributed by atoms with Gasteiger partial charge in [-0.1, -0.05) is 0 Å². The molecule has 0 saturated heterocycles. The number of rotatable bonds is 4. The van der Waals surface area contributed by atoms with Crippen molar-refractivity contribution in [3.05, 3.63) is 42.2 Å². The van der Waals surface area contributed by atoms with Crippen LogP contribution in [-0.4, -0.2) is 37.2 Å². The van der Waals surface area contributed by atoms with Crippen molar-refractivity contribution in [2.45, 2.75) is 19.4 Å². The minimum atomic E-state index is -0.413. The molecule has 1 fully saturated rings. The fourth-order valence-corrected chi connectivity index (χ4v) is 3.55. The van der Waals surface area contributed by atoms with E-state index in [9.17, 15) is 4.79 Å². The number of ether oxygens (including phenoxy) is 1. The molecule has 0 unspecified atom stereocenters. The molecule has 1 aliphatic rings. The molecule has 0 aliphatic heterocycles. The van der Waals surface area contributed by atoms with E-state index in [0.29, 0.717) is 17.0 Å². The van der Waals surface area contributed by atoms with Crippen LogP contribution < -0.4 is 0 Å². The molecule has 0 atom stereocenters. The zero-order valence-electron chi connectivity index (χ0n) is 15.2. The maximum Gasteiger partial charge on any atom is 0.339 e. The number of carbonyl (C=O) groups excluding carboxylic acids is 1. The van der Waals surface area contributed by atoms with Crippen molar-refractivity contribution >= 4 is 28.2 Å². The molecule has 0 aromatic carbocycles. The lowest BCUT2D eigenvalue weighted by Gasteiger charge is -2.09. The van der Waals surface area contributed by atoms with Crippen LogP contribution in [-0.2, 0) is 18.3 Å². The Morgan fingerprint density at radius 3 is 2.89 bits per heavy atom. The van der Waals surface area contributed by atoms with Gasteiger partial charge in [0.25, 0.3) is 0 Å². The van der Waals surface area contributed by atoms with E-state index >= 15 is 0 Å². The highest BCUT2D eigenvalue weighted by molar-refractivity contribution is 5.93. The predicted molar refractivity (Wildman–Crippen MR) is 101 cm³/mol. The smallest absolute Gasteiger partial charge is 0.339 e. The molecule has 4 aromatic rings. The molecule has 1 saturated carbocycles. The van der Waals surface area contributed by atoms with E-state index in [2.05, 4.69) is 26.7 Å². The Morgan fingerprint density at radius 2 is 2.11 bits per heavy atom. The van der Waals surface area contributed by atoms with E-state index in [1.165, 1.54) is 26.1 Å². The standard InChI is InChI=1S/C20H19N5O2/c1-24-18-15(8-14(10-22-18)20(26)27-2)23-19(24)16-9-13-4-3-7-21-17(13)25(16)11-12-5-6-12/h3-4,7-10,12H,5-6,11H2,1-2H3. The van der Waals surface area contributed by atoms with Crippen molar-refractivity contribution in [2.75, 3.05) is 7.11 Å². The van der Waals surface area contributed by atoms with Crippen LogP contribution in [0.4, 0.5) is 0 Å². The maximum atomic E-state index is 11.8. The van der Waals surface area contributed by atoms with Gasteiger partial charge in [-0.2, -0.15) is 0 Å². The minimum Gasteiger partial charge on any atom is -0.465 e. The number of hydrogen-bond acceptors (Lipinski definition) is 5. The summed E-state index contributed by atoms with van der Waals surface area (Å²) in [4.78, 5) is 25.6. The van der Waals surface area contributed by atoms with Crippen molar-refractivity contribution in [1.82, 2.24) is 24.1 Å². The Labute approximate surface area is 155 Å². The van der Waals surface area contributed by atoms with Crippen LogP contribution in [0.5, 0.6) is 0 Å². The number of aryl methyl sites for hydroxylation is 1. The summed E-state index contributed by atoms with van der Waals surface area (Å²) in [5, 5.41) is 1.10. The van der Waals surface area contributed by atoms with E-state index in [4.69, 9.17) is 9.72 Å². The summed E-state index contributed by atoms with van der Waals surface area (Å²) in [5.41, 5.74) is 3.81. The maximum absolute atomic E-state index is 11.8. The quantitative estimate of drug-likeness (QED) is 0.522. The molecular formula is C20H19N5O2. The molecule has 0 amide bonds. The highest BCUT2D eigenvalue weighted by Crippen LogP contribution is 2.35. The van der Waals surface area contributed by atoms with Gasteiger partial charge in [-0.05, 0) is 43.0 Å². The van der Waals surface area contributed by atoms with Crippen LogP contribution in [0.2, 0.25) is 0 Å². The lowest BCUT2D eigenvalue weighted by Crippen LogP contribution is -2.05. The van der Waals surface area contributed by atoms with Gasteiger partial charge >= 0.3 is 5.97 Å². The zero-order valence-corrected chi connectivity index (χ0v) is 15.2. The van der Waals surface area contributed by atoms with Gasteiger partial charge in [0.15, 0.2) is 11.5 Å². The number of pyridine rings is 2. The normalized spacial score (nSPS) is 14.1. The molecule has 0 N–H and O–H groups in total. The second kappa shape index (κ2) is 5.90. The molecule has 0 spiro atoms. The number of nitrogens with zero attached hydrogens (tertiary/aromatic N) is 5. The van der Waals surface area contributed by atoms with E-state index in [1.54, 1.807) is 6.07 Å². The van der Waals surface area contributed by atoms with Gasteiger partial charge in [-0.25, -0.2) is 19.7 Å². The van der Waals surface area contributed by atoms with Gasteiger partial charge < -0.3 is 13.9 Å². The molecule has 7 nitrogen and oxygen atoms in total. The average molecular weight is 361 g/mol. The van der Waals surface area contributed by atoms with Crippen LogP contribution in [0, 0.1) is 5.92 Å². The summed E-state index contributed by atoms with van der Waals surface area (Å²) in [7, 11) is 3.31. The molecule has 4 heterocycles. The van der Waals surface area contributed by atoms with E-state index in [1.807, 2.05) is 23.9 Å². The Kier molecular flexibility index (Phi) is 3.50. The van der Waals surface area contributed by atoms with E-state index in [0.717, 1.165) is 34.7 Å². The number of methoxy groups -OCH3 is 1. The lowest BCUT2D eigenvalue weighted by molar-refractivity contribution is 0.0600. The van der Waals surface area contributed by atoms with Gasteiger partial charge in [0.05, 0.1) is 18.4 Å². The first kappa shape index (κ1) is 16.0. The third-order valence-electron chi connectivity index (χ3n) is 5.15. The summed E-state index contributed by atoms with van der Waals surface area (Å²) in [6.07, 6.45) is 5.88. The summed E-state index contributed by atoms with van der Waals surface area (Å²) in [6, 6.07) is 7.88. The molecule has 27 heavy (non-hydrogen) atoms. The van der Waals surface area contributed by atoms with E-state index < -0.39 is 5.97 Å². The number of aromatic nitrogens is 5. The Morgan fingerprint density at radius 1 is 1.26 bits per heavy atom. The summed E-state index contributed by atoms with van der Waals surface area (Å²) < 4.78 is 9.02. The first-order valence-electron chi connectivity index (χ1n) is 9.01. The molecule has 7 heteroatoms. The Bertz CT molecular complexity index is 1190. The van der Waals surface area contributed by atoms with Crippen LogP contribution in [0.3, 0.4) is 0 Å². The average Bonchev–Trinajstić information content (AvgIpc) is 3.36. The van der Waals surface area contributed by atoms with Crippen molar-refractivity contribution < 1.29 is 9.53 Å². The summed E-state index contributed by atoms with van der Waals surface area (Å²) in [5.74, 6) is 1.11. The highest BCUT2D eigenvalue weighted by Gasteiger charge is 2.26. The van der Waals surface area contributed by atoms with Crippen molar-refractivity contribution in [3.63, 3.8) is 0 Å². The summed E-state index contributed by atoms with van der Waals surface area (Å²) in [6.45, 7) is 0.944. The number of hydrogen-bond donors (Lipinski definition) is 0. The summed E-state index contributed by atoms with van der Waals surface area (Å²) >= 11 is 0. The van der Waals surface area contributed by atoms with Gasteiger partial charge in [0, 0.05) is 31.4 Å². The highest BCUT2D eigenvalue weighted by atomic mass is 16.5. The van der Waals surface area contributed by atoms with Gasteiger partial charge in [-0.3, -0.25) is 0 Å². The fourth-order valence-electron chi connectivity index (χ4n) is 3.55. The number of imidazole rings is 1. The fraction of sp³-hybridized carbons (Fsp3) is 0.300. The molecule has 0 bridgehead atoms. The van der Waals surface area contributed by atoms with Crippen molar-refractivity contribution in [2.24, 2.45) is 13.0 Å². The first-order chi connectivity index (χ1) is 13.2. The van der Waals surface area contributed by atoms with Crippen molar-refractivity contribution in [1.29, 1.82) is 0 Å². The third kappa shape index (κ3) is 2.58. The third-order valence-corrected chi connectivity index (χ3v) is 5.15. The largest absolute Gasteiger partial charge is 0.465 e. The first-order valence-corrected chi connectivity index (χ1v) is 9.01. The Balaban J connectivity index is 1.70. The topological polar surface area (TPSA) is 74.8 Å². The van der Waals surface area contributed by atoms with Crippen LogP contribution in [0.15, 0.2) is 36.7 Å². The van der Waals surface area contributed by atoms with E-state index in [-0.39, 0.29) is 0 Å². The molecule has 4 aromatic heterocycles. The van der Waals surface area contributed by atoms with Crippen molar-refractivity contribution in [3.8, 4) is 11.5 Å². The van der Waals surface area contributed by atoms with Crippen LogP contribution in [0.1, 0.15) is 23.2 Å². The van der Waals surface area contributed by atoms with Crippen LogP contribution in [0.25, 0.3) is 33.7 Å². The molecule has 0 radical (unpaired) electrons. The van der Waals surface area contributed by atoms with Gasteiger partial charge in [-0.15, -0.1) is 0 Å². The number of fused-ring (bicyclic) bond motifs is 2. The minimum absolute atomic E-state index is 0.398. The molecule has 5 rings (SSSR count). The number of esters is 1.